The first-order valence-corrected chi connectivity index (χ1v) is 6.18. The van der Waals surface area contributed by atoms with Gasteiger partial charge in [0.15, 0.2) is 0 Å². The summed E-state index contributed by atoms with van der Waals surface area (Å²) in [5.41, 5.74) is 1.70. The second-order valence-corrected chi connectivity index (χ2v) is 5.71. The van der Waals surface area contributed by atoms with E-state index in [-0.39, 0.29) is 5.41 Å². The summed E-state index contributed by atoms with van der Waals surface area (Å²) in [5.74, 6) is 0.601. The van der Waals surface area contributed by atoms with Crippen LogP contribution in [0.4, 0.5) is 5.69 Å². The smallest absolute Gasteiger partial charge is 0.101 e. The van der Waals surface area contributed by atoms with Crippen molar-refractivity contribution in [2.24, 2.45) is 11.3 Å². The molecule has 0 radical (unpaired) electrons. The van der Waals surface area contributed by atoms with Crippen molar-refractivity contribution >= 4 is 17.3 Å². The summed E-state index contributed by atoms with van der Waals surface area (Å²) in [6.07, 6.45) is 0. The zero-order valence-electron chi connectivity index (χ0n) is 10.8. The molecule has 0 spiro atoms. The number of nitrogens with zero attached hydrogens (tertiary/aromatic N) is 1. The Morgan fingerprint density at radius 1 is 1.41 bits per heavy atom. The summed E-state index contributed by atoms with van der Waals surface area (Å²) >= 11 is 5.98. The summed E-state index contributed by atoms with van der Waals surface area (Å²) in [5, 5.41) is 12.7. The lowest BCUT2D eigenvalue weighted by atomic mass is 9.81. The molecule has 1 aromatic rings. The molecular weight excluding hydrogens is 232 g/mol. The molecule has 0 saturated heterocycles. The number of hydrogen-bond acceptors (Lipinski definition) is 2. The molecule has 0 unspecified atom stereocenters. The molecule has 0 bridgehead atoms. The summed E-state index contributed by atoms with van der Waals surface area (Å²) < 4.78 is 0. The number of nitrogens with one attached hydrogen (secondary N) is 1. The highest BCUT2D eigenvalue weighted by atomic mass is 35.5. The van der Waals surface area contributed by atoms with E-state index in [1.165, 1.54) is 0 Å². The average molecular weight is 251 g/mol. The first-order chi connectivity index (χ1) is 7.86. The highest BCUT2D eigenvalue weighted by Gasteiger charge is 2.21. The zero-order valence-corrected chi connectivity index (χ0v) is 11.6. The number of nitriles is 1. The number of rotatable bonds is 4. The first-order valence-electron chi connectivity index (χ1n) is 5.80. The summed E-state index contributed by atoms with van der Waals surface area (Å²) in [4.78, 5) is 0. The van der Waals surface area contributed by atoms with Crippen LogP contribution in [0.3, 0.4) is 0 Å². The first kappa shape index (κ1) is 13.9. The van der Waals surface area contributed by atoms with Gasteiger partial charge >= 0.3 is 0 Å². The molecule has 0 heterocycles. The molecule has 0 aromatic heterocycles. The molecule has 2 nitrogen and oxygen atoms in total. The molecule has 1 N–H and O–H groups in total. The number of benzene rings is 1. The Bertz CT molecular complexity index is 430. The van der Waals surface area contributed by atoms with Gasteiger partial charge in [-0.1, -0.05) is 39.3 Å². The average Bonchev–Trinajstić information content (AvgIpc) is 2.26. The van der Waals surface area contributed by atoms with Crippen molar-refractivity contribution in [3.05, 3.63) is 28.8 Å². The van der Waals surface area contributed by atoms with Crippen LogP contribution in [-0.2, 0) is 0 Å². The fraction of sp³-hybridized carbons (Fsp3) is 0.500. The van der Waals surface area contributed by atoms with Gasteiger partial charge in [0, 0.05) is 12.2 Å². The third-order valence-corrected chi connectivity index (χ3v) is 3.71. The third-order valence-electron chi connectivity index (χ3n) is 3.40. The highest BCUT2D eigenvalue weighted by molar-refractivity contribution is 6.32. The van der Waals surface area contributed by atoms with Crippen molar-refractivity contribution in [3.63, 3.8) is 0 Å². The van der Waals surface area contributed by atoms with Gasteiger partial charge < -0.3 is 5.32 Å². The van der Waals surface area contributed by atoms with Crippen molar-refractivity contribution in [2.75, 3.05) is 11.9 Å². The quantitative estimate of drug-likeness (QED) is 0.865. The van der Waals surface area contributed by atoms with Gasteiger partial charge in [-0.05, 0) is 29.5 Å². The van der Waals surface area contributed by atoms with Crippen LogP contribution in [0.5, 0.6) is 0 Å². The predicted octanol–water partition coefficient (Wildman–Crippen LogP) is 4.31. The van der Waals surface area contributed by atoms with Gasteiger partial charge in [0.05, 0.1) is 10.6 Å². The number of anilines is 1. The summed E-state index contributed by atoms with van der Waals surface area (Å²) in [6.45, 7) is 9.78. The second-order valence-electron chi connectivity index (χ2n) is 5.30. The molecule has 0 amide bonds. The monoisotopic (exact) mass is 250 g/mol. The Kier molecular flexibility index (Phi) is 4.42. The van der Waals surface area contributed by atoms with Gasteiger partial charge in [-0.3, -0.25) is 0 Å². The molecule has 1 aromatic carbocycles. The van der Waals surface area contributed by atoms with Gasteiger partial charge in [-0.25, -0.2) is 0 Å². The summed E-state index contributed by atoms with van der Waals surface area (Å²) in [6, 6.07) is 7.49. The minimum absolute atomic E-state index is 0.223. The molecular formula is C14H19ClN2. The van der Waals surface area contributed by atoms with Crippen molar-refractivity contribution in [2.45, 2.75) is 27.7 Å². The molecule has 3 heteroatoms. The van der Waals surface area contributed by atoms with E-state index in [2.05, 4.69) is 39.1 Å². The Morgan fingerprint density at radius 2 is 2.06 bits per heavy atom. The zero-order chi connectivity index (χ0) is 13.1. The van der Waals surface area contributed by atoms with E-state index in [1.807, 2.05) is 6.07 Å². The normalized spacial score (nSPS) is 11.4. The van der Waals surface area contributed by atoms with Crippen LogP contribution in [0.25, 0.3) is 0 Å². The lowest BCUT2D eigenvalue weighted by Gasteiger charge is -2.29. The van der Waals surface area contributed by atoms with Gasteiger partial charge in [0.2, 0.25) is 0 Å². The Balaban J connectivity index is 2.72. The Morgan fingerprint density at radius 3 is 2.53 bits per heavy atom. The minimum Gasteiger partial charge on any atom is -0.384 e. The van der Waals surface area contributed by atoms with Crippen LogP contribution in [0, 0.1) is 22.7 Å². The standard InChI is InChI=1S/C14H19ClN2/c1-10(2)14(3,4)9-17-12-6-5-11(8-16)13(15)7-12/h5-7,10,17H,9H2,1-4H3. The van der Waals surface area contributed by atoms with Crippen LogP contribution in [0.2, 0.25) is 5.02 Å². The molecule has 0 aliphatic carbocycles. The van der Waals surface area contributed by atoms with E-state index in [0.29, 0.717) is 16.5 Å². The highest BCUT2D eigenvalue weighted by Crippen LogP contribution is 2.27. The molecule has 0 aliphatic rings. The fourth-order valence-electron chi connectivity index (χ4n) is 1.25. The molecule has 0 fully saturated rings. The van der Waals surface area contributed by atoms with E-state index in [9.17, 15) is 0 Å². The molecule has 1 rings (SSSR count). The van der Waals surface area contributed by atoms with E-state index in [1.54, 1.807) is 12.1 Å². The van der Waals surface area contributed by atoms with Crippen molar-refractivity contribution < 1.29 is 0 Å². The number of halogens is 1. The molecule has 0 saturated carbocycles. The molecule has 0 atom stereocenters. The van der Waals surface area contributed by atoms with Crippen molar-refractivity contribution in [3.8, 4) is 6.07 Å². The van der Waals surface area contributed by atoms with Crippen molar-refractivity contribution in [1.29, 1.82) is 5.26 Å². The van der Waals surface area contributed by atoms with Gasteiger partial charge in [0.25, 0.3) is 0 Å². The van der Waals surface area contributed by atoms with E-state index in [4.69, 9.17) is 16.9 Å². The molecule has 0 aliphatic heterocycles. The fourth-order valence-corrected chi connectivity index (χ4v) is 1.47. The molecule has 92 valence electrons. The van der Waals surface area contributed by atoms with Gasteiger partial charge in [0.1, 0.15) is 6.07 Å². The van der Waals surface area contributed by atoms with Gasteiger partial charge in [-0.2, -0.15) is 5.26 Å². The van der Waals surface area contributed by atoms with E-state index >= 15 is 0 Å². The van der Waals surface area contributed by atoms with Crippen molar-refractivity contribution in [1.82, 2.24) is 0 Å². The van der Waals surface area contributed by atoms with Crippen LogP contribution >= 0.6 is 11.6 Å². The largest absolute Gasteiger partial charge is 0.384 e. The lowest BCUT2D eigenvalue weighted by Crippen LogP contribution is -2.28. The van der Waals surface area contributed by atoms with E-state index < -0.39 is 0 Å². The maximum Gasteiger partial charge on any atom is 0.101 e. The molecule has 17 heavy (non-hydrogen) atoms. The maximum absolute atomic E-state index is 8.79. The Hall–Kier alpha value is -1.20. The number of hydrogen-bond donors (Lipinski definition) is 1. The van der Waals surface area contributed by atoms with Crippen LogP contribution in [-0.4, -0.2) is 6.54 Å². The SMILES string of the molecule is CC(C)C(C)(C)CNc1ccc(C#N)c(Cl)c1. The van der Waals surface area contributed by atoms with Crippen LogP contribution in [0.15, 0.2) is 18.2 Å². The lowest BCUT2D eigenvalue weighted by molar-refractivity contribution is 0.269. The minimum atomic E-state index is 0.223. The van der Waals surface area contributed by atoms with Gasteiger partial charge in [-0.15, -0.1) is 0 Å². The summed E-state index contributed by atoms with van der Waals surface area (Å²) in [7, 11) is 0. The van der Waals surface area contributed by atoms with Crippen LogP contribution < -0.4 is 5.32 Å². The topological polar surface area (TPSA) is 35.8 Å². The second kappa shape index (κ2) is 5.42. The van der Waals surface area contributed by atoms with E-state index in [0.717, 1.165) is 12.2 Å². The third kappa shape index (κ3) is 3.64. The Labute approximate surface area is 109 Å². The predicted molar refractivity (Wildman–Crippen MR) is 73.3 cm³/mol. The maximum atomic E-state index is 8.79. The van der Waals surface area contributed by atoms with Crippen LogP contribution in [0.1, 0.15) is 33.3 Å².